The largest absolute Gasteiger partial charge is 0.465 e. The number of esters is 2. The van der Waals surface area contributed by atoms with Crippen molar-refractivity contribution in [2.75, 3.05) is 19.0 Å². The number of carbonyl (C=O) groups excluding carboxylic acids is 3. The Kier molecular flexibility index (Phi) is 6.67. The molecule has 2 aromatic rings. The van der Waals surface area contributed by atoms with Gasteiger partial charge in [0.05, 0.1) is 23.2 Å². The second-order valence-electron chi connectivity index (χ2n) is 5.60. The SMILES string of the molecule is COC(=O)c1cc(C(=O)OCC(=O)Nc2ccc(Cl)cc2C)cc([N+](=O)[O-])c1. The van der Waals surface area contributed by atoms with E-state index < -0.39 is 35.1 Å². The lowest BCUT2D eigenvalue weighted by molar-refractivity contribution is -0.384. The highest BCUT2D eigenvalue weighted by molar-refractivity contribution is 6.30. The minimum absolute atomic E-state index is 0.190. The lowest BCUT2D eigenvalue weighted by Crippen LogP contribution is -2.21. The molecule has 10 heteroatoms. The summed E-state index contributed by atoms with van der Waals surface area (Å²) in [6.45, 7) is 1.11. The Bertz CT molecular complexity index is 959. The van der Waals surface area contributed by atoms with Crippen LogP contribution < -0.4 is 5.32 Å². The summed E-state index contributed by atoms with van der Waals surface area (Å²) in [5.41, 5.74) is 0.272. The Morgan fingerprint density at radius 2 is 1.75 bits per heavy atom. The molecule has 0 aliphatic carbocycles. The Morgan fingerprint density at radius 1 is 1.11 bits per heavy atom. The van der Waals surface area contributed by atoms with E-state index in [1.807, 2.05) is 0 Å². The maximum atomic E-state index is 12.2. The van der Waals surface area contributed by atoms with E-state index in [4.69, 9.17) is 16.3 Å². The summed E-state index contributed by atoms with van der Waals surface area (Å²) in [6.07, 6.45) is 0. The minimum atomic E-state index is -1.00. The molecule has 1 amide bonds. The first-order valence-electron chi connectivity index (χ1n) is 7.82. The number of methoxy groups -OCH3 is 1. The molecule has 1 N–H and O–H groups in total. The molecule has 2 aromatic carbocycles. The quantitative estimate of drug-likeness (QED) is 0.443. The fraction of sp³-hybridized carbons (Fsp3) is 0.167. The van der Waals surface area contributed by atoms with Gasteiger partial charge in [-0.25, -0.2) is 9.59 Å². The molecule has 0 aromatic heterocycles. The van der Waals surface area contributed by atoms with Crippen molar-refractivity contribution in [3.05, 3.63) is 68.2 Å². The van der Waals surface area contributed by atoms with Crippen molar-refractivity contribution in [1.29, 1.82) is 0 Å². The van der Waals surface area contributed by atoms with Crippen molar-refractivity contribution in [3.8, 4) is 0 Å². The molecule has 0 saturated carbocycles. The molecule has 0 spiro atoms. The van der Waals surface area contributed by atoms with Gasteiger partial charge < -0.3 is 14.8 Å². The van der Waals surface area contributed by atoms with Crippen LogP contribution in [0.25, 0.3) is 0 Å². The van der Waals surface area contributed by atoms with E-state index in [2.05, 4.69) is 10.1 Å². The van der Waals surface area contributed by atoms with Gasteiger partial charge in [0.15, 0.2) is 6.61 Å². The topological polar surface area (TPSA) is 125 Å². The lowest BCUT2D eigenvalue weighted by atomic mass is 10.1. The Labute approximate surface area is 164 Å². The van der Waals surface area contributed by atoms with Crippen LogP contribution in [0.4, 0.5) is 11.4 Å². The van der Waals surface area contributed by atoms with Gasteiger partial charge in [-0.05, 0) is 36.8 Å². The molecule has 0 aliphatic heterocycles. The van der Waals surface area contributed by atoms with Crippen LogP contribution in [0.15, 0.2) is 36.4 Å². The number of ether oxygens (including phenoxy) is 2. The van der Waals surface area contributed by atoms with Crippen LogP contribution in [0.3, 0.4) is 0 Å². The number of nitro groups is 1. The number of hydrogen-bond donors (Lipinski definition) is 1. The van der Waals surface area contributed by atoms with E-state index in [0.717, 1.165) is 25.3 Å². The highest BCUT2D eigenvalue weighted by Gasteiger charge is 2.20. The van der Waals surface area contributed by atoms with Gasteiger partial charge in [0, 0.05) is 22.8 Å². The van der Waals surface area contributed by atoms with E-state index in [1.165, 1.54) is 0 Å². The molecule has 0 radical (unpaired) electrons. The number of hydrogen-bond acceptors (Lipinski definition) is 7. The molecule has 0 bridgehead atoms. The minimum Gasteiger partial charge on any atom is -0.465 e. The average molecular weight is 407 g/mol. The fourth-order valence-electron chi connectivity index (χ4n) is 2.24. The second-order valence-corrected chi connectivity index (χ2v) is 6.04. The van der Waals surface area contributed by atoms with Crippen molar-refractivity contribution in [2.45, 2.75) is 6.92 Å². The maximum Gasteiger partial charge on any atom is 0.338 e. The number of aryl methyl sites for hydroxylation is 1. The summed E-state index contributed by atoms with van der Waals surface area (Å²) in [5.74, 6) is -2.47. The molecule has 0 fully saturated rings. The van der Waals surface area contributed by atoms with Gasteiger partial charge in [0.2, 0.25) is 0 Å². The molecular formula is C18H15ClN2O7. The molecule has 146 valence electrons. The van der Waals surface area contributed by atoms with Crippen LogP contribution in [0.1, 0.15) is 26.3 Å². The van der Waals surface area contributed by atoms with E-state index in [-0.39, 0.29) is 11.1 Å². The third-order valence-corrected chi connectivity index (χ3v) is 3.82. The lowest BCUT2D eigenvalue weighted by Gasteiger charge is -2.09. The number of nitrogens with zero attached hydrogens (tertiary/aromatic N) is 1. The first-order valence-corrected chi connectivity index (χ1v) is 8.20. The van der Waals surface area contributed by atoms with Gasteiger partial charge in [-0.1, -0.05) is 11.6 Å². The molecule has 0 atom stereocenters. The Morgan fingerprint density at radius 3 is 2.32 bits per heavy atom. The zero-order valence-electron chi connectivity index (χ0n) is 14.9. The van der Waals surface area contributed by atoms with Crippen LogP contribution >= 0.6 is 11.6 Å². The number of nitro benzene ring substituents is 1. The van der Waals surface area contributed by atoms with Gasteiger partial charge >= 0.3 is 11.9 Å². The van der Waals surface area contributed by atoms with Crippen LogP contribution in [-0.4, -0.2) is 36.5 Å². The summed E-state index contributed by atoms with van der Waals surface area (Å²) < 4.78 is 9.38. The van der Waals surface area contributed by atoms with E-state index >= 15 is 0 Å². The van der Waals surface area contributed by atoms with Gasteiger partial charge in [-0.15, -0.1) is 0 Å². The zero-order valence-corrected chi connectivity index (χ0v) is 15.6. The molecule has 0 saturated heterocycles. The first-order chi connectivity index (χ1) is 13.2. The standard InChI is InChI=1S/C18H15ClN2O7/c1-10-5-13(19)3-4-15(10)20-16(22)9-28-18(24)12-6-11(17(23)27-2)7-14(8-12)21(25)26/h3-8H,9H2,1-2H3,(H,20,22). The number of non-ortho nitro benzene ring substituents is 1. The highest BCUT2D eigenvalue weighted by atomic mass is 35.5. The highest BCUT2D eigenvalue weighted by Crippen LogP contribution is 2.20. The molecule has 0 unspecified atom stereocenters. The molecule has 28 heavy (non-hydrogen) atoms. The first kappa shape index (κ1) is 20.8. The van der Waals surface area contributed by atoms with Gasteiger partial charge in [0.1, 0.15) is 0 Å². The van der Waals surface area contributed by atoms with Crippen LogP contribution in [0, 0.1) is 17.0 Å². The van der Waals surface area contributed by atoms with Crippen molar-refractivity contribution in [2.24, 2.45) is 0 Å². The van der Waals surface area contributed by atoms with Crippen LogP contribution in [0.5, 0.6) is 0 Å². The van der Waals surface area contributed by atoms with E-state index in [1.54, 1.807) is 25.1 Å². The number of anilines is 1. The summed E-state index contributed by atoms with van der Waals surface area (Å²) in [4.78, 5) is 46.0. The summed E-state index contributed by atoms with van der Waals surface area (Å²) in [5, 5.41) is 14.1. The number of halogens is 1. The summed E-state index contributed by atoms with van der Waals surface area (Å²) >= 11 is 5.84. The fourth-order valence-corrected chi connectivity index (χ4v) is 2.46. The summed E-state index contributed by atoms with van der Waals surface area (Å²) in [6, 6.07) is 7.84. The molecule has 0 aliphatic rings. The van der Waals surface area contributed by atoms with Gasteiger partial charge in [-0.3, -0.25) is 14.9 Å². The monoisotopic (exact) mass is 406 g/mol. The predicted octanol–water partition coefficient (Wildman–Crippen LogP) is 3.14. The van der Waals surface area contributed by atoms with Crippen molar-refractivity contribution in [1.82, 2.24) is 0 Å². The Balaban J connectivity index is 2.09. The van der Waals surface area contributed by atoms with Crippen molar-refractivity contribution >= 4 is 40.8 Å². The summed E-state index contributed by atoms with van der Waals surface area (Å²) in [7, 11) is 1.10. The van der Waals surface area contributed by atoms with Crippen molar-refractivity contribution in [3.63, 3.8) is 0 Å². The predicted molar refractivity (Wildman–Crippen MR) is 99.5 cm³/mol. The average Bonchev–Trinajstić information content (AvgIpc) is 2.67. The number of nitrogens with one attached hydrogen (secondary N) is 1. The molecule has 0 heterocycles. The maximum absolute atomic E-state index is 12.2. The molecule has 2 rings (SSSR count). The van der Waals surface area contributed by atoms with Crippen molar-refractivity contribution < 1.29 is 28.8 Å². The van der Waals surface area contributed by atoms with Gasteiger partial charge in [0.25, 0.3) is 11.6 Å². The molecular weight excluding hydrogens is 392 g/mol. The molecule has 9 nitrogen and oxygen atoms in total. The normalized spacial score (nSPS) is 10.1. The number of rotatable bonds is 6. The van der Waals surface area contributed by atoms with E-state index in [9.17, 15) is 24.5 Å². The van der Waals surface area contributed by atoms with Crippen LogP contribution in [-0.2, 0) is 14.3 Å². The zero-order chi connectivity index (χ0) is 20.8. The number of benzene rings is 2. The number of carbonyl (C=O) groups is 3. The third-order valence-electron chi connectivity index (χ3n) is 3.58. The van der Waals surface area contributed by atoms with Gasteiger partial charge in [-0.2, -0.15) is 0 Å². The van der Waals surface area contributed by atoms with Crippen LogP contribution in [0.2, 0.25) is 5.02 Å². The van der Waals surface area contributed by atoms with E-state index in [0.29, 0.717) is 16.3 Å². The number of amides is 1. The Hall–Kier alpha value is -3.46. The second kappa shape index (κ2) is 8.96. The smallest absolute Gasteiger partial charge is 0.338 e. The third kappa shape index (κ3) is 5.27.